The number of nitrogens with one attached hydrogen (secondary N) is 8. The van der Waals surface area contributed by atoms with Gasteiger partial charge in [0.05, 0.1) is 6.04 Å². The summed E-state index contributed by atoms with van der Waals surface area (Å²) < 4.78 is 0. The summed E-state index contributed by atoms with van der Waals surface area (Å²) in [4.78, 5) is 121. The lowest BCUT2D eigenvalue weighted by Gasteiger charge is -2.28. The van der Waals surface area contributed by atoms with Gasteiger partial charge in [-0.1, -0.05) is 116 Å². The lowest BCUT2D eigenvalue weighted by atomic mass is 10.00. The Morgan fingerprint density at radius 2 is 0.829 bits per heavy atom. The largest absolute Gasteiger partial charge is 0.368 e. The van der Waals surface area contributed by atoms with E-state index in [2.05, 4.69) is 49.5 Å². The second-order valence-electron chi connectivity index (χ2n) is 20.4. The van der Waals surface area contributed by atoms with Gasteiger partial charge in [0, 0.05) is 19.4 Å². The monoisotopic (exact) mass is 1070 g/mol. The molecule has 9 amide bonds. The Labute approximate surface area is 450 Å². The van der Waals surface area contributed by atoms with Gasteiger partial charge in [0.1, 0.15) is 42.3 Å². The SMILES string of the molecule is CCCCCCCCCCCC(=O)N[C@H](CCN)C(=O)NCC[C@H](N)C(=O)N[C@@H](CCN)C(=O)N[C@@H](CC(C)C)C(=O)N[C@H](Cc1ccccc1)C(=O)N[C@@H](CCN)C(=O)N[C@@H](CCN)C(=O)N[C@@H](CC(C)C)C(N)=O. The van der Waals surface area contributed by atoms with Crippen molar-refractivity contribution in [3.8, 4) is 0 Å². The Hall–Kier alpha value is -5.75. The second kappa shape index (κ2) is 39.6. The Morgan fingerprint density at radius 1 is 0.447 bits per heavy atom. The summed E-state index contributed by atoms with van der Waals surface area (Å²) in [6.45, 7) is 9.60. The molecule has 23 nitrogen and oxygen atoms in total. The summed E-state index contributed by atoms with van der Waals surface area (Å²) in [5.74, 6) is -6.02. The first-order chi connectivity index (χ1) is 36.2. The topological polar surface area (TPSA) is 406 Å². The van der Waals surface area contributed by atoms with Crippen LogP contribution in [-0.2, 0) is 49.6 Å². The summed E-state index contributed by atoms with van der Waals surface area (Å²) >= 11 is 0. The third-order valence-corrected chi connectivity index (χ3v) is 12.6. The zero-order chi connectivity index (χ0) is 57.0. The number of benzene rings is 1. The van der Waals surface area contributed by atoms with Gasteiger partial charge in [-0.25, -0.2) is 0 Å². The first-order valence-electron chi connectivity index (χ1n) is 27.5. The molecule has 0 fully saturated rings. The van der Waals surface area contributed by atoms with Crippen LogP contribution in [0.25, 0.3) is 0 Å². The minimum absolute atomic E-state index is 0.00915. The highest BCUT2D eigenvalue weighted by molar-refractivity contribution is 5.97. The van der Waals surface area contributed by atoms with E-state index in [1.165, 1.54) is 32.1 Å². The van der Waals surface area contributed by atoms with Gasteiger partial charge in [-0.15, -0.1) is 0 Å². The Morgan fingerprint density at radius 3 is 1.29 bits per heavy atom. The highest BCUT2D eigenvalue weighted by atomic mass is 16.2. The van der Waals surface area contributed by atoms with Crippen LogP contribution in [-0.4, -0.2) is 134 Å². The molecule has 0 aliphatic carbocycles. The Balaban J connectivity index is 3.10. The van der Waals surface area contributed by atoms with E-state index in [4.69, 9.17) is 34.4 Å². The molecular formula is C53H96N14O9. The van der Waals surface area contributed by atoms with Gasteiger partial charge < -0.3 is 76.9 Å². The van der Waals surface area contributed by atoms with Crippen molar-refractivity contribution in [3.05, 3.63) is 35.9 Å². The van der Waals surface area contributed by atoms with Gasteiger partial charge in [-0.3, -0.25) is 43.2 Å². The van der Waals surface area contributed by atoms with Crippen LogP contribution in [0.15, 0.2) is 30.3 Å². The third-order valence-electron chi connectivity index (χ3n) is 12.6. The van der Waals surface area contributed by atoms with E-state index in [0.717, 1.165) is 25.7 Å². The van der Waals surface area contributed by atoms with E-state index >= 15 is 0 Å². The maximum Gasteiger partial charge on any atom is 0.243 e. The molecule has 0 heterocycles. The van der Waals surface area contributed by atoms with E-state index in [-0.39, 0.29) is 102 Å². The summed E-state index contributed by atoms with van der Waals surface area (Å²) in [7, 11) is 0. The molecule has 1 aromatic carbocycles. The van der Waals surface area contributed by atoms with Crippen molar-refractivity contribution in [2.75, 3.05) is 32.7 Å². The van der Waals surface area contributed by atoms with Gasteiger partial charge in [0.2, 0.25) is 53.2 Å². The maximum absolute atomic E-state index is 14.2. The van der Waals surface area contributed by atoms with Crippen molar-refractivity contribution in [1.29, 1.82) is 0 Å². The van der Waals surface area contributed by atoms with Gasteiger partial charge in [-0.05, 0) is 94.9 Å². The number of rotatable bonds is 42. The van der Waals surface area contributed by atoms with Crippen molar-refractivity contribution in [2.45, 2.75) is 199 Å². The van der Waals surface area contributed by atoms with Crippen molar-refractivity contribution in [3.63, 3.8) is 0 Å². The molecular weight excluding hydrogens is 977 g/mol. The minimum atomic E-state index is -1.30. The number of carbonyl (C=O) groups excluding carboxylic acids is 9. The van der Waals surface area contributed by atoms with Crippen LogP contribution in [0, 0.1) is 11.8 Å². The van der Waals surface area contributed by atoms with Crippen molar-refractivity contribution in [1.82, 2.24) is 42.5 Å². The van der Waals surface area contributed by atoms with E-state index in [9.17, 15) is 43.2 Å². The van der Waals surface area contributed by atoms with E-state index in [1.807, 2.05) is 27.7 Å². The first kappa shape index (κ1) is 68.3. The van der Waals surface area contributed by atoms with Gasteiger partial charge in [0.15, 0.2) is 0 Å². The zero-order valence-corrected chi connectivity index (χ0v) is 46.1. The number of hydrogen-bond donors (Lipinski definition) is 14. The molecule has 432 valence electrons. The summed E-state index contributed by atoms with van der Waals surface area (Å²) in [5.41, 5.74) is 35.7. The lowest BCUT2D eigenvalue weighted by molar-refractivity contribution is -0.135. The molecule has 0 aromatic heterocycles. The number of nitrogens with two attached hydrogens (primary N) is 6. The number of unbranched alkanes of at least 4 members (excludes halogenated alkanes) is 8. The second-order valence-corrected chi connectivity index (χ2v) is 20.4. The molecule has 1 aromatic rings. The molecule has 20 N–H and O–H groups in total. The molecule has 0 saturated carbocycles. The third kappa shape index (κ3) is 29.0. The standard InChI is InChI=1S/C53H96N14O9/c1-6-7-8-9-10-11-12-13-17-20-45(68)61-38(21-26-54)48(71)60-30-25-37(58)47(70)62-39(22-27-55)51(74)66-43(32-35(4)5)52(75)67-44(33-36-18-15-14-16-19-36)53(76)64-40(23-28-56)49(72)63-41(24-29-57)50(73)65-42(46(59)69)31-34(2)3/h14-16,18-19,34-35,37-44H,6-13,17,20-33,54-58H2,1-5H3,(H2,59,69)(H,60,71)(H,61,68)(H,62,70)(H,63,72)(H,64,76)(H,65,73)(H,66,74)(H,67,75)/t37-,38+,39-,40-,41-,42-,43-,44+/m0/s1. The Kier molecular flexibility index (Phi) is 35.6. The fourth-order valence-electron chi connectivity index (χ4n) is 8.33. The van der Waals surface area contributed by atoms with Crippen molar-refractivity contribution < 1.29 is 43.2 Å². The zero-order valence-electron chi connectivity index (χ0n) is 46.1. The van der Waals surface area contributed by atoms with Crippen LogP contribution >= 0.6 is 0 Å². The quantitative estimate of drug-likeness (QED) is 0.0362. The van der Waals surface area contributed by atoms with Crippen LogP contribution in [0.5, 0.6) is 0 Å². The van der Waals surface area contributed by atoms with Crippen LogP contribution in [0.4, 0.5) is 0 Å². The Bertz CT molecular complexity index is 1910. The van der Waals surface area contributed by atoms with E-state index in [0.29, 0.717) is 12.0 Å². The summed E-state index contributed by atoms with van der Waals surface area (Å²) in [6.07, 6.45) is 10.7. The van der Waals surface area contributed by atoms with E-state index in [1.54, 1.807) is 30.3 Å². The van der Waals surface area contributed by atoms with E-state index < -0.39 is 95.6 Å². The van der Waals surface area contributed by atoms with Crippen LogP contribution in [0.3, 0.4) is 0 Å². The predicted octanol–water partition coefficient (Wildman–Crippen LogP) is -0.650. The van der Waals surface area contributed by atoms with Crippen LogP contribution < -0.4 is 76.9 Å². The normalized spacial score (nSPS) is 14.4. The van der Waals surface area contributed by atoms with Gasteiger partial charge in [0.25, 0.3) is 0 Å². The fourth-order valence-corrected chi connectivity index (χ4v) is 8.33. The minimum Gasteiger partial charge on any atom is -0.368 e. The summed E-state index contributed by atoms with van der Waals surface area (Å²) in [6, 6.07) is -0.483. The molecule has 0 radical (unpaired) electrons. The molecule has 0 aliphatic heterocycles. The molecule has 0 spiro atoms. The van der Waals surface area contributed by atoms with Crippen molar-refractivity contribution in [2.24, 2.45) is 46.2 Å². The molecule has 0 saturated heterocycles. The molecule has 1 rings (SSSR count). The average Bonchev–Trinajstić information content (AvgIpc) is 3.36. The smallest absolute Gasteiger partial charge is 0.243 e. The lowest BCUT2D eigenvalue weighted by Crippen LogP contribution is -2.60. The molecule has 8 atom stereocenters. The number of carbonyl (C=O) groups is 9. The molecule has 0 aliphatic rings. The number of hydrogen-bond acceptors (Lipinski definition) is 14. The number of primary amides is 1. The molecule has 0 bridgehead atoms. The molecule has 23 heteroatoms. The number of amides is 9. The summed E-state index contributed by atoms with van der Waals surface area (Å²) in [5, 5.41) is 21.4. The first-order valence-corrected chi connectivity index (χ1v) is 27.5. The maximum atomic E-state index is 14.2. The van der Waals surface area contributed by atoms with Gasteiger partial charge in [-0.2, -0.15) is 0 Å². The fraction of sp³-hybridized carbons (Fsp3) is 0.717. The highest BCUT2D eigenvalue weighted by Crippen LogP contribution is 2.13. The van der Waals surface area contributed by atoms with Crippen LogP contribution in [0.1, 0.15) is 149 Å². The molecule has 0 unspecified atom stereocenters. The predicted molar refractivity (Wildman–Crippen MR) is 294 cm³/mol. The molecule has 76 heavy (non-hydrogen) atoms. The van der Waals surface area contributed by atoms with Gasteiger partial charge >= 0.3 is 0 Å². The highest BCUT2D eigenvalue weighted by Gasteiger charge is 2.34. The van der Waals surface area contributed by atoms with Crippen molar-refractivity contribution >= 4 is 53.2 Å². The van der Waals surface area contributed by atoms with Crippen LogP contribution in [0.2, 0.25) is 0 Å². The average molecular weight is 1070 g/mol.